The molecule has 0 aliphatic rings. The van der Waals surface area contributed by atoms with Crippen LogP contribution in [-0.4, -0.2) is 26.7 Å². The largest absolute Gasteiger partial charge is 0.472 e. The number of primary amides is 1. The Morgan fingerprint density at radius 3 is 2.54 bits per heavy atom. The van der Waals surface area contributed by atoms with Gasteiger partial charge in [0.1, 0.15) is 0 Å². The van der Waals surface area contributed by atoms with Gasteiger partial charge in [0.25, 0.3) is 0 Å². The molecule has 4 N–H and O–H groups in total. The van der Waals surface area contributed by atoms with E-state index in [1.165, 1.54) is 0 Å². The summed E-state index contributed by atoms with van der Waals surface area (Å²) in [5, 5.41) is 16.9. The van der Waals surface area contributed by atoms with E-state index in [4.69, 9.17) is 10.2 Å². The van der Waals surface area contributed by atoms with Crippen LogP contribution in [0.25, 0.3) is 33.6 Å². The van der Waals surface area contributed by atoms with Gasteiger partial charge < -0.3 is 15.5 Å². The van der Waals surface area contributed by atoms with Gasteiger partial charge in [-0.25, -0.2) is 4.79 Å². The Kier molecular flexibility index (Phi) is 3.91. The number of hydrogen-bond acceptors (Lipinski definition) is 5. The minimum absolute atomic E-state index is 0.345. The van der Waals surface area contributed by atoms with E-state index in [0.717, 1.165) is 22.3 Å². The summed E-state index contributed by atoms with van der Waals surface area (Å²) in [6.45, 7) is 0. The number of benzene rings is 2. The molecular formula is C18H14N6O2. The van der Waals surface area contributed by atoms with E-state index in [-0.39, 0.29) is 0 Å². The highest BCUT2D eigenvalue weighted by molar-refractivity contribution is 6.02. The van der Waals surface area contributed by atoms with Crippen LogP contribution in [0.1, 0.15) is 0 Å². The minimum atomic E-state index is -0.676. The van der Waals surface area contributed by atoms with Crippen LogP contribution in [0.4, 0.5) is 10.5 Å². The van der Waals surface area contributed by atoms with Gasteiger partial charge in [0.05, 0.1) is 23.8 Å². The van der Waals surface area contributed by atoms with Crippen molar-refractivity contribution in [3.63, 3.8) is 0 Å². The van der Waals surface area contributed by atoms with Crippen molar-refractivity contribution >= 4 is 11.7 Å². The third-order valence-corrected chi connectivity index (χ3v) is 3.93. The van der Waals surface area contributed by atoms with Crippen LogP contribution < -0.4 is 11.1 Å². The number of amides is 2. The standard InChI is InChI=1S/C18H14N6O2/c19-18(25)20-14-7-6-13(12-8-9-26-10-12)15(11-4-2-1-3-5-11)16(14)17-21-23-24-22-17/h1-10H,(H3,19,20,25)(H,21,22,23,24). The number of nitrogens with zero attached hydrogens (tertiary/aromatic N) is 3. The number of urea groups is 1. The van der Waals surface area contributed by atoms with Crippen LogP contribution in [0, 0.1) is 0 Å². The first kappa shape index (κ1) is 15.6. The highest BCUT2D eigenvalue weighted by Crippen LogP contribution is 2.43. The van der Waals surface area contributed by atoms with Gasteiger partial charge in [0.15, 0.2) is 0 Å². The third-order valence-electron chi connectivity index (χ3n) is 3.93. The number of nitrogens with one attached hydrogen (secondary N) is 2. The number of carbonyl (C=O) groups excluding carboxylic acids is 1. The number of furan rings is 1. The number of H-pyrrole nitrogens is 1. The van der Waals surface area contributed by atoms with E-state index >= 15 is 0 Å². The number of rotatable bonds is 4. The van der Waals surface area contributed by atoms with Gasteiger partial charge in [0.2, 0.25) is 5.82 Å². The van der Waals surface area contributed by atoms with E-state index in [9.17, 15) is 4.79 Å². The second-order valence-corrected chi connectivity index (χ2v) is 5.51. The normalized spacial score (nSPS) is 10.6. The second kappa shape index (κ2) is 6.52. The van der Waals surface area contributed by atoms with Crippen molar-refractivity contribution in [2.45, 2.75) is 0 Å². The zero-order valence-electron chi connectivity index (χ0n) is 13.5. The molecule has 2 aromatic heterocycles. The van der Waals surface area contributed by atoms with E-state index in [1.54, 1.807) is 18.6 Å². The average molecular weight is 346 g/mol. The monoisotopic (exact) mass is 346 g/mol. The fourth-order valence-electron chi connectivity index (χ4n) is 2.90. The Morgan fingerprint density at radius 1 is 1.04 bits per heavy atom. The minimum Gasteiger partial charge on any atom is -0.472 e. The van der Waals surface area contributed by atoms with E-state index in [2.05, 4.69) is 25.9 Å². The van der Waals surface area contributed by atoms with Crippen molar-refractivity contribution in [3.8, 4) is 33.6 Å². The highest BCUT2D eigenvalue weighted by Gasteiger charge is 2.21. The SMILES string of the molecule is NC(=O)Nc1ccc(-c2ccoc2)c(-c2ccccc2)c1-c1nn[nH]n1. The molecule has 0 atom stereocenters. The average Bonchev–Trinajstić information content (AvgIpc) is 3.35. The van der Waals surface area contributed by atoms with Crippen molar-refractivity contribution < 1.29 is 9.21 Å². The van der Waals surface area contributed by atoms with E-state index in [1.807, 2.05) is 42.5 Å². The van der Waals surface area contributed by atoms with Crippen molar-refractivity contribution in [3.05, 3.63) is 61.1 Å². The number of tetrazole rings is 1. The molecule has 0 radical (unpaired) electrons. The number of carbonyl (C=O) groups is 1. The predicted octanol–water partition coefficient (Wildman–Crippen LogP) is 3.28. The van der Waals surface area contributed by atoms with Crippen molar-refractivity contribution in [2.75, 3.05) is 5.32 Å². The summed E-state index contributed by atoms with van der Waals surface area (Å²) in [6, 6.07) is 14.6. The zero-order chi connectivity index (χ0) is 17.9. The summed E-state index contributed by atoms with van der Waals surface area (Å²) in [7, 11) is 0. The molecule has 2 aromatic carbocycles. The molecular weight excluding hydrogens is 332 g/mol. The first-order valence-corrected chi connectivity index (χ1v) is 7.79. The molecule has 8 heteroatoms. The Bertz CT molecular complexity index is 1030. The number of aromatic nitrogens is 4. The zero-order valence-corrected chi connectivity index (χ0v) is 13.5. The summed E-state index contributed by atoms with van der Waals surface area (Å²) in [5.41, 5.74) is 9.99. The highest BCUT2D eigenvalue weighted by atomic mass is 16.3. The molecule has 0 bridgehead atoms. The first-order valence-electron chi connectivity index (χ1n) is 7.79. The van der Waals surface area contributed by atoms with Crippen LogP contribution in [0.2, 0.25) is 0 Å². The van der Waals surface area contributed by atoms with Crippen LogP contribution in [0.5, 0.6) is 0 Å². The molecule has 0 saturated carbocycles. The van der Waals surface area contributed by atoms with Crippen LogP contribution in [0.15, 0.2) is 65.5 Å². The fourth-order valence-corrected chi connectivity index (χ4v) is 2.90. The van der Waals surface area contributed by atoms with Gasteiger partial charge in [-0.3, -0.25) is 0 Å². The summed E-state index contributed by atoms with van der Waals surface area (Å²) < 4.78 is 5.25. The quantitative estimate of drug-likeness (QED) is 0.523. The molecule has 0 aliphatic carbocycles. The van der Waals surface area contributed by atoms with Crippen LogP contribution in [0.3, 0.4) is 0 Å². The topological polar surface area (TPSA) is 123 Å². The molecule has 4 aromatic rings. The Morgan fingerprint density at radius 2 is 1.88 bits per heavy atom. The summed E-state index contributed by atoms with van der Waals surface area (Å²) >= 11 is 0. The maximum atomic E-state index is 11.5. The Balaban J connectivity index is 2.07. The number of nitrogens with two attached hydrogens (primary N) is 1. The predicted molar refractivity (Wildman–Crippen MR) is 96.0 cm³/mol. The van der Waals surface area contributed by atoms with Crippen molar-refractivity contribution in [1.29, 1.82) is 0 Å². The van der Waals surface area contributed by atoms with Crippen LogP contribution >= 0.6 is 0 Å². The van der Waals surface area contributed by atoms with Gasteiger partial charge in [-0.15, -0.1) is 10.2 Å². The third kappa shape index (κ3) is 2.80. The lowest BCUT2D eigenvalue weighted by molar-refractivity contribution is 0.259. The van der Waals surface area contributed by atoms with Gasteiger partial charge in [-0.1, -0.05) is 36.4 Å². The smallest absolute Gasteiger partial charge is 0.316 e. The first-order chi connectivity index (χ1) is 12.7. The molecule has 26 heavy (non-hydrogen) atoms. The molecule has 0 aliphatic heterocycles. The van der Waals surface area contributed by atoms with Gasteiger partial charge in [-0.05, 0) is 28.5 Å². The maximum absolute atomic E-state index is 11.5. The molecule has 128 valence electrons. The van der Waals surface area contributed by atoms with Crippen LogP contribution in [-0.2, 0) is 0 Å². The maximum Gasteiger partial charge on any atom is 0.316 e. The molecule has 0 saturated heterocycles. The molecule has 4 rings (SSSR count). The van der Waals surface area contributed by atoms with Gasteiger partial charge >= 0.3 is 6.03 Å². The number of hydrogen-bond donors (Lipinski definition) is 3. The Hall–Kier alpha value is -3.94. The molecule has 8 nitrogen and oxygen atoms in total. The van der Waals surface area contributed by atoms with Gasteiger partial charge in [0, 0.05) is 11.1 Å². The van der Waals surface area contributed by atoms with E-state index in [0.29, 0.717) is 17.1 Å². The lowest BCUT2D eigenvalue weighted by atomic mass is 9.90. The van der Waals surface area contributed by atoms with Gasteiger partial charge in [-0.2, -0.15) is 5.21 Å². The number of anilines is 1. The Labute approximate surface area is 148 Å². The van der Waals surface area contributed by atoms with E-state index < -0.39 is 6.03 Å². The second-order valence-electron chi connectivity index (χ2n) is 5.51. The number of aromatic amines is 1. The fraction of sp³-hybridized carbons (Fsp3) is 0. The molecule has 2 heterocycles. The summed E-state index contributed by atoms with van der Waals surface area (Å²) in [6.07, 6.45) is 3.26. The van der Waals surface area contributed by atoms with Crippen molar-refractivity contribution in [1.82, 2.24) is 20.6 Å². The molecule has 2 amide bonds. The lowest BCUT2D eigenvalue weighted by Crippen LogP contribution is -2.20. The summed E-state index contributed by atoms with van der Waals surface area (Å²) in [4.78, 5) is 11.5. The molecule has 0 spiro atoms. The summed E-state index contributed by atoms with van der Waals surface area (Å²) in [5.74, 6) is 0.345. The van der Waals surface area contributed by atoms with Crippen molar-refractivity contribution in [2.24, 2.45) is 5.73 Å². The molecule has 0 unspecified atom stereocenters. The molecule has 0 fully saturated rings. The lowest BCUT2D eigenvalue weighted by Gasteiger charge is -2.17.